The van der Waals surface area contributed by atoms with Gasteiger partial charge in [0.05, 0.1) is 0 Å². The number of hydrogen-bond acceptors (Lipinski definition) is 1. The van der Waals surface area contributed by atoms with Gasteiger partial charge in [-0.2, -0.15) is 0 Å². The number of aryl methyl sites for hydroxylation is 1. The minimum Gasteiger partial charge on any atom is -0.313 e. The fourth-order valence-corrected chi connectivity index (χ4v) is 2.54. The zero-order valence-corrected chi connectivity index (χ0v) is 12.7. The molecule has 0 radical (unpaired) electrons. The molecule has 0 heterocycles. The molecule has 0 aliphatic carbocycles. The minimum atomic E-state index is -0.148. The van der Waals surface area contributed by atoms with Gasteiger partial charge < -0.3 is 5.32 Å². The van der Waals surface area contributed by atoms with Gasteiger partial charge in [0.15, 0.2) is 0 Å². The van der Waals surface area contributed by atoms with Crippen LogP contribution in [-0.4, -0.2) is 7.05 Å². The van der Waals surface area contributed by atoms with Crippen LogP contribution in [0.4, 0.5) is 4.39 Å². The standard InChI is InChI=1S/C16H17BrFN/c1-11-7-8-13(9-15(11)18)16(19-2)10-12-5-3-4-6-14(12)17/h3-9,16,19H,10H2,1-2H3. The Balaban J connectivity index is 2.25. The summed E-state index contributed by atoms with van der Waals surface area (Å²) in [5.41, 5.74) is 2.86. The molecular weight excluding hydrogens is 305 g/mol. The van der Waals surface area contributed by atoms with Crippen LogP contribution in [0.15, 0.2) is 46.9 Å². The van der Waals surface area contributed by atoms with Crippen molar-refractivity contribution in [3.05, 3.63) is 69.4 Å². The molecule has 1 unspecified atom stereocenters. The maximum Gasteiger partial charge on any atom is 0.126 e. The minimum absolute atomic E-state index is 0.105. The van der Waals surface area contributed by atoms with Crippen molar-refractivity contribution >= 4 is 15.9 Å². The molecule has 0 aromatic heterocycles. The van der Waals surface area contributed by atoms with E-state index in [0.29, 0.717) is 5.56 Å². The summed E-state index contributed by atoms with van der Waals surface area (Å²) in [4.78, 5) is 0. The number of benzene rings is 2. The summed E-state index contributed by atoms with van der Waals surface area (Å²) >= 11 is 3.55. The van der Waals surface area contributed by atoms with Crippen molar-refractivity contribution in [1.82, 2.24) is 5.32 Å². The smallest absolute Gasteiger partial charge is 0.126 e. The third kappa shape index (κ3) is 3.43. The first-order valence-electron chi connectivity index (χ1n) is 6.28. The third-order valence-corrected chi connectivity index (χ3v) is 4.10. The molecule has 19 heavy (non-hydrogen) atoms. The van der Waals surface area contributed by atoms with E-state index < -0.39 is 0 Å². The molecule has 3 heteroatoms. The molecule has 1 nitrogen and oxygen atoms in total. The van der Waals surface area contributed by atoms with E-state index in [-0.39, 0.29) is 11.9 Å². The number of hydrogen-bond donors (Lipinski definition) is 1. The highest BCUT2D eigenvalue weighted by Gasteiger charge is 2.13. The molecule has 0 saturated carbocycles. The summed E-state index contributed by atoms with van der Waals surface area (Å²) in [6.45, 7) is 1.78. The van der Waals surface area contributed by atoms with Gasteiger partial charge in [-0.1, -0.05) is 46.3 Å². The zero-order valence-electron chi connectivity index (χ0n) is 11.1. The molecule has 0 bridgehead atoms. The van der Waals surface area contributed by atoms with Crippen molar-refractivity contribution in [1.29, 1.82) is 0 Å². The lowest BCUT2D eigenvalue weighted by Crippen LogP contribution is -2.19. The fraction of sp³-hybridized carbons (Fsp3) is 0.250. The Hall–Kier alpha value is -1.19. The maximum atomic E-state index is 13.7. The fourth-order valence-electron chi connectivity index (χ4n) is 2.10. The van der Waals surface area contributed by atoms with Gasteiger partial charge in [-0.05, 0) is 49.2 Å². The number of halogens is 2. The molecule has 0 saturated heterocycles. The summed E-state index contributed by atoms with van der Waals surface area (Å²) in [7, 11) is 1.90. The Morgan fingerprint density at radius 2 is 1.95 bits per heavy atom. The van der Waals surface area contributed by atoms with Gasteiger partial charge in [0.25, 0.3) is 0 Å². The molecule has 1 N–H and O–H groups in total. The molecule has 0 aliphatic heterocycles. The van der Waals surface area contributed by atoms with Gasteiger partial charge in [0.1, 0.15) is 5.82 Å². The largest absolute Gasteiger partial charge is 0.313 e. The van der Waals surface area contributed by atoms with E-state index in [1.165, 1.54) is 5.56 Å². The van der Waals surface area contributed by atoms with Gasteiger partial charge >= 0.3 is 0 Å². The molecular formula is C16H17BrFN. The number of nitrogens with one attached hydrogen (secondary N) is 1. The number of rotatable bonds is 4. The lowest BCUT2D eigenvalue weighted by molar-refractivity contribution is 0.573. The second-order valence-electron chi connectivity index (χ2n) is 4.65. The van der Waals surface area contributed by atoms with E-state index in [9.17, 15) is 4.39 Å². The maximum absolute atomic E-state index is 13.7. The van der Waals surface area contributed by atoms with Crippen LogP contribution in [0.3, 0.4) is 0 Å². The Morgan fingerprint density at radius 1 is 1.21 bits per heavy atom. The first kappa shape index (κ1) is 14.2. The summed E-state index contributed by atoms with van der Waals surface area (Å²) < 4.78 is 14.7. The lowest BCUT2D eigenvalue weighted by Gasteiger charge is -2.18. The molecule has 0 aliphatic rings. The third-order valence-electron chi connectivity index (χ3n) is 3.33. The van der Waals surface area contributed by atoms with Gasteiger partial charge in [-0.25, -0.2) is 4.39 Å². The monoisotopic (exact) mass is 321 g/mol. The van der Waals surface area contributed by atoms with Crippen molar-refractivity contribution < 1.29 is 4.39 Å². The van der Waals surface area contributed by atoms with Crippen LogP contribution in [0.2, 0.25) is 0 Å². The summed E-state index contributed by atoms with van der Waals surface area (Å²) in [5, 5.41) is 3.25. The van der Waals surface area contributed by atoms with Crippen LogP contribution >= 0.6 is 15.9 Å². The Labute approximate surface area is 122 Å². The predicted octanol–water partition coefficient (Wildman–Crippen LogP) is 4.40. The van der Waals surface area contributed by atoms with Crippen molar-refractivity contribution in [2.45, 2.75) is 19.4 Å². The summed E-state index contributed by atoms with van der Waals surface area (Å²) in [6.07, 6.45) is 0.820. The van der Waals surface area contributed by atoms with Gasteiger partial charge in [-0.15, -0.1) is 0 Å². The van der Waals surface area contributed by atoms with Crippen LogP contribution in [-0.2, 0) is 6.42 Å². The van der Waals surface area contributed by atoms with E-state index in [0.717, 1.165) is 16.5 Å². The summed E-state index contributed by atoms with van der Waals surface area (Å²) in [5.74, 6) is -0.148. The molecule has 0 spiro atoms. The Morgan fingerprint density at radius 3 is 2.58 bits per heavy atom. The van der Waals surface area contributed by atoms with Crippen molar-refractivity contribution in [3.63, 3.8) is 0 Å². The Kier molecular flexibility index (Phi) is 4.72. The van der Waals surface area contributed by atoms with Crippen LogP contribution < -0.4 is 5.32 Å². The van der Waals surface area contributed by atoms with Crippen molar-refractivity contribution in [3.8, 4) is 0 Å². The molecule has 2 rings (SSSR count). The lowest BCUT2D eigenvalue weighted by atomic mass is 9.98. The predicted molar refractivity (Wildman–Crippen MR) is 80.8 cm³/mol. The molecule has 0 amide bonds. The molecule has 2 aromatic carbocycles. The average Bonchev–Trinajstić information content (AvgIpc) is 2.41. The highest BCUT2D eigenvalue weighted by Crippen LogP contribution is 2.24. The van der Waals surface area contributed by atoms with Crippen LogP contribution in [0, 0.1) is 12.7 Å². The zero-order chi connectivity index (χ0) is 13.8. The SMILES string of the molecule is CNC(Cc1ccccc1Br)c1ccc(C)c(F)c1. The topological polar surface area (TPSA) is 12.0 Å². The van der Waals surface area contributed by atoms with E-state index in [1.54, 1.807) is 13.0 Å². The normalized spacial score (nSPS) is 12.4. The van der Waals surface area contributed by atoms with Crippen LogP contribution in [0.1, 0.15) is 22.7 Å². The highest BCUT2D eigenvalue weighted by atomic mass is 79.9. The molecule has 0 fully saturated rings. The second-order valence-corrected chi connectivity index (χ2v) is 5.50. The van der Waals surface area contributed by atoms with Gasteiger partial charge in [-0.3, -0.25) is 0 Å². The van der Waals surface area contributed by atoms with Crippen molar-refractivity contribution in [2.24, 2.45) is 0 Å². The van der Waals surface area contributed by atoms with E-state index in [1.807, 2.05) is 37.4 Å². The summed E-state index contributed by atoms with van der Waals surface area (Å²) in [6, 6.07) is 13.7. The molecule has 2 aromatic rings. The van der Waals surface area contributed by atoms with Gasteiger partial charge in [0, 0.05) is 10.5 Å². The van der Waals surface area contributed by atoms with E-state index in [2.05, 4.69) is 27.3 Å². The molecule has 1 atom stereocenters. The Bertz CT molecular complexity index is 568. The second kappa shape index (κ2) is 6.31. The van der Waals surface area contributed by atoms with Crippen LogP contribution in [0.5, 0.6) is 0 Å². The van der Waals surface area contributed by atoms with E-state index >= 15 is 0 Å². The van der Waals surface area contributed by atoms with Crippen molar-refractivity contribution in [2.75, 3.05) is 7.05 Å². The average molecular weight is 322 g/mol. The first-order chi connectivity index (χ1) is 9.11. The number of likely N-dealkylation sites (N-methyl/N-ethyl adjacent to an activating group) is 1. The quantitative estimate of drug-likeness (QED) is 0.880. The highest BCUT2D eigenvalue weighted by molar-refractivity contribution is 9.10. The van der Waals surface area contributed by atoms with Crippen LogP contribution in [0.25, 0.3) is 0 Å². The first-order valence-corrected chi connectivity index (χ1v) is 7.08. The molecule has 100 valence electrons. The van der Waals surface area contributed by atoms with E-state index in [4.69, 9.17) is 0 Å². The van der Waals surface area contributed by atoms with Gasteiger partial charge in [0.2, 0.25) is 0 Å².